The van der Waals surface area contributed by atoms with E-state index in [0.717, 1.165) is 17.0 Å². The van der Waals surface area contributed by atoms with E-state index in [4.69, 9.17) is 16.3 Å². The Morgan fingerprint density at radius 3 is 2.54 bits per heavy atom. The quantitative estimate of drug-likeness (QED) is 0.662. The van der Waals surface area contributed by atoms with Crippen LogP contribution in [0.1, 0.15) is 15.9 Å². The third kappa shape index (κ3) is 4.32. The van der Waals surface area contributed by atoms with Crippen LogP contribution in [0.3, 0.4) is 0 Å². The summed E-state index contributed by atoms with van der Waals surface area (Å²) in [6.45, 7) is 1.91. The predicted octanol–water partition coefficient (Wildman–Crippen LogP) is 5.05. The maximum atomic E-state index is 12.5. The molecule has 3 rings (SSSR count). The Bertz CT molecular complexity index is 927. The van der Waals surface area contributed by atoms with E-state index in [9.17, 15) is 4.79 Å². The van der Waals surface area contributed by atoms with Crippen molar-refractivity contribution in [1.29, 1.82) is 0 Å². The molecule has 0 aliphatic carbocycles. The Kier molecular flexibility index (Phi) is 5.39. The minimum Gasteiger partial charge on any atom is -0.497 e. The van der Waals surface area contributed by atoms with Gasteiger partial charge in [-0.05, 0) is 55.0 Å². The number of ether oxygens (including phenoxy) is 1. The summed E-state index contributed by atoms with van der Waals surface area (Å²) in [5.74, 6) is 0.528. The molecule has 1 heterocycles. The van der Waals surface area contributed by atoms with Crippen molar-refractivity contribution < 1.29 is 9.53 Å². The van der Waals surface area contributed by atoms with E-state index in [1.807, 2.05) is 37.3 Å². The fourth-order valence-electron chi connectivity index (χ4n) is 2.40. The van der Waals surface area contributed by atoms with E-state index in [1.54, 1.807) is 31.5 Å². The average Bonchev–Trinajstić information content (AvgIpc) is 2.65. The summed E-state index contributed by atoms with van der Waals surface area (Å²) in [5, 5.41) is 6.65. The molecular weight excluding hydrogens is 350 g/mol. The molecular formula is C20H18ClN3O2. The van der Waals surface area contributed by atoms with Gasteiger partial charge in [-0.25, -0.2) is 0 Å². The number of halogens is 1. The number of aromatic nitrogens is 1. The van der Waals surface area contributed by atoms with Crippen molar-refractivity contribution in [2.75, 3.05) is 17.7 Å². The first-order valence-electron chi connectivity index (χ1n) is 7.99. The number of carbonyl (C=O) groups is 1. The maximum absolute atomic E-state index is 12.5. The monoisotopic (exact) mass is 367 g/mol. The molecule has 0 radical (unpaired) electrons. The largest absolute Gasteiger partial charge is 0.497 e. The van der Waals surface area contributed by atoms with Crippen molar-refractivity contribution in [3.63, 3.8) is 0 Å². The van der Waals surface area contributed by atoms with Crippen LogP contribution in [-0.4, -0.2) is 18.0 Å². The predicted molar refractivity (Wildman–Crippen MR) is 105 cm³/mol. The van der Waals surface area contributed by atoms with E-state index in [0.29, 0.717) is 22.0 Å². The van der Waals surface area contributed by atoms with Crippen molar-refractivity contribution in [3.05, 3.63) is 77.1 Å². The Labute approximate surface area is 157 Å². The fraction of sp³-hybridized carbons (Fsp3) is 0.100. The molecule has 0 aliphatic rings. The zero-order chi connectivity index (χ0) is 18.5. The van der Waals surface area contributed by atoms with Crippen LogP contribution in [-0.2, 0) is 0 Å². The van der Waals surface area contributed by atoms with Gasteiger partial charge in [0, 0.05) is 22.6 Å². The summed E-state index contributed by atoms with van der Waals surface area (Å²) in [5.41, 5.74) is 3.64. The number of pyridine rings is 1. The lowest BCUT2D eigenvalue weighted by Crippen LogP contribution is -2.13. The molecule has 0 fully saturated rings. The summed E-state index contributed by atoms with van der Waals surface area (Å²) in [7, 11) is 1.62. The molecule has 132 valence electrons. The van der Waals surface area contributed by atoms with Gasteiger partial charge in [0.05, 0.1) is 24.6 Å². The normalized spacial score (nSPS) is 10.3. The first-order chi connectivity index (χ1) is 12.5. The zero-order valence-corrected chi connectivity index (χ0v) is 15.2. The molecule has 0 bridgehead atoms. The lowest BCUT2D eigenvalue weighted by molar-refractivity contribution is 0.102. The summed E-state index contributed by atoms with van der Waals surface area (Å²) < 4.78 is 5.14. The number of anilines is 3. The minimum atomic E-state index is -0.249. The number of carbonyl (C=O) groups excluding carboxylic acids is 1. The van der Waals surface area contributed by atoms with Crippen LogP contribution < -0.4 is 15.4 Å². The standard InChI is InChI=1S/C20H18ClN3O2/c1-13-3-4-15(21)10-19(13)24-20(25)14-9-17(12-22-11-14)23-16-5-7-18(26-2)8-6-16/h3-12,23H,1-2H3,(H,24,25). The van der Waals surface area contributed by atoms with Crippen molar-refractivity contribution in [2.24, 2.45) is 0 Å². The van der Waals surface area contributed by atoms with Crippen LogP contribution in [0.25, 0.3) is 0 Å². The van der Waals surface area contributed by atoms with Crippen LogP contribution in [0.2, 0.25) is 5.02 Å². The molecule has 5 nitrogen and oxygen atoms in total. The number of aryl methyl sites for hydroxylation is 1. The first kappa shape index (κ1) is 17.8. The van der Waals surface area contributed by atoms with Crippen molar-refractivity contribution in [3.8, 4) is 5.75 Å². The number of hydrogen-bond acceptors (Lipinski definition) is 4. The molecule has 0 aliphatic heterocycles. The van der Waals surface area contributed by atoms with Gasteiger partial charge in [-0.15, -0.1) is 0 Å². The number of hydrogen-bond donors (Lipinski definition) is 2. The van der Waals surface area contributed by atoms with Gasteiger partial charge in [0.25, 0.3) is 5.91 Å². The number of methoxy groups -OCH3 is 1. The molecule has 1 aromatic heterocycles. The van der Waals surface area contributed by atoms with Crippen LogP contribution in [0.4, 0.5) is 17.1 Å². The zero-order valence-electron chi connectivity index (χ0n) is 14.4. The van der Waals surface area contributed by atoms with Crippen LogP contribution >= 0.6 is 11.6 Å². The second-order valence-electron chi connectivity index (χ2n) is 5.73. The summed E-state index contributed by atoms with van der Waals surface area (Å²) >= 11 is 6.00. The number of nitrogens with one attached hydrogen (secondary N) is 2. The Balaban J connectivity index is 1.75. The van der Waals surface area contributed by atoms with E-state index < -0.39 is 0 Å². The highest BCUT2D eigenvalue weighted by Crippen LogP contribution is 2.22. The molecule has 2 N–H and O–H groups in total. The Hall–Kier alpha value is -3.05. The third-order valence-electron chi connectivity index (χ3n) is 3.83. The SMILES string of the molecule is COc1ccc(Nc2cncc(C(=O)Nc3cc(Cl)ccc3C)c2)cc1. The maximum Gasteiger partial charge on any atom is 0.257 e. The highest BCUT2D eigenvalue weighted by atomic mass is 35.5. The van der Waals surface area contributed by atoms with E-state index >= 15 is 0 Å². The van der Waals surface area contributed by atoms with Crippen molar-refractivity contribution in [1.82, 2.24) is 4.98 Å². The van der Waals surface area contributed by atoms with Crippen molar-refractivity contribution >= 4 is 34.6 Å². The number of amides is 1. The van der Waals surface area contributed by atoms with Crippen LogP contribution in [0, 0.1) is 6.92 Å². The smallest absolute Gasteiger partial charge is 0.257 e. The lowest BCUT2D eigenvalue weighted by atomic mass is 10.2. The topological polar surface area (TPSA) is 63.2 Å². The summed E-state index contributed by atoms with van der Waals surface area (Å²) in [4.78, 5) is 16.7. The molecule has 0 saturated heterocycles. The average molecular weight is 368 g/mol. The molecule has 6 heteroatoms. The number of rotatable bonds is 5. The Morgan fingerprint density at radius 1 is 1.04 bits per heavy atom. The number of nitrogens with zero attached hydrogens (tertiary/aromatic N) is 1. The van der Waals surface area contributed by atoms with Gasteiger partial charge in [0.1, 0.15) is 5.75 Å². The first-order valence-corrected chi connectivity index (χ1v) is 8.36. The van der Waals surface area contributed by atoms with Crippen LogP contribution in [0.15, 0.2) is 60.9 Å². The molecule has 1 amide bonds. The molecule has 3 aromatic rings. The van der Waals surface area contributed by atoms with E-state index in [1.165, 1.54) is 6.20 Å². The van der Waals surface area contributed by atoms with Gasteiger partial charge in [0.2, 0.25) is 0 Å². The van der Waals surface area contributed by atoms with Crippen LogP contribution in [0.5, 0.6) is 5.75 Å². The van der Waals surface area contributed by atoms with Gasteiger partial charge in [-0.3, -0.25) is 9.78 Å². The summed E-state index contributed by atoms with van der Waals surface area (Å²) in [6.07, 6.45) is 3.18. The third-order valence-corrected chi connectivity index (χ3v) is 4.06. The molecule has 0 saturated carbocycles. The molecule has 26 heavy (non-hydrogen) atoms. The van der Waals surface area contributed by atoms with E-state index in [-0.39, 0.29) is 5.91 Å². The molecule has 0 spiro atoms. The van der Waals surface area contributed by atoms with Gasteiger partial charge >= 0.3 is 0 Å². The molecule has 0 atom stereocenters. The molecule has 2 aromatic carbocycles. The number of benzene rings is 2. The van der Waals surface area contributed by atoms with Crippen molar-refractivity contribution in [2.45, 2.75) is 6.92 Å². The van der Waals surface area contributed by atoms with E-state index in [2.05, 4.69) is 15.6 Å². The summed E-state index contributed by atoms with van der Waals surface area (Å²) in [6, 6.07) is 14.6. The second-order valence-corrected chi connectivity index (χ2v) is 6.17. The van der Waals surface area contributed by atoms with Gasteiger partial charge in [0.15, 0.2) is 0 Å². The van der Waals surface area contributed by atoms with Gasteiger partial charge in [-0.1, -0.05) is 17.7 Å². The second kappa shape index (κ2) is 7.89. The highest BCUT2D eigenvalue weighted by Gasteiger charge is 2.10. The van der Waals surface area contributed by atoms with Gasteiger partial charge in [-0.2, -0.15) is 0 Å². The Morgan fingerprint density at radius 2 is 1.81 bits per heavy atom. The van der Waals surface area contributed by atoms with Gasteiger partial charge < -0.3 is 15.4 Å². The fourth-order valence-corrected chi connectivity index (χ4v) is 2.57. The molecule has 0 unspecified atom stereocenters. The lowest BCUT2D eigenvalue weighted by Gasteiger charge is -2.11. The highest BCUT2D eigenvalue weighted by molar-refractivity contribution is 6.31. The minimum absolute atomic E-state index is 0.249.